The number of nitrogens with two attached hydrogens (primary N) is 1. The largest absolute Gasteiger partial charge is 0.327 e. The van der Waals surface area contributed by atoms with E-state index in [2.05, 4.69) is 38.1 Å². The van der Waals surface area contributed by atoms with Crippen molar-refractivity contribution in [2.45, 2.75) is 37.6 Å². The van der Waals surface area contributed by atoms with Crippen LogP contribution in [0, 0.1) is 6.92 Å². The summed E-state index contributed by atoms with van der Waals surface area (Å²) in [6.45, 7) is 4.29. The van der Waals surface area contributed by atoms with Crippen LogP contribution in [0.15, 0.2) is 29.2 Å². The number of rotatable bonds is 5. The van der Waals surface area contributed by atoms with Crippen molar-refractivity contribution >= 4 is 11.8 Å². The minimum atomic E-state index is 0.339. The van der Waals surface area contributed by atoms with E-state index in [0.717, 1.165) is 12.2 Å². The van der Waals surface area contributed by atoms with Crippen LogP contribution in [0.5, 0.6) is 0 Å². The maximum absolute atomic E-state index is 5.94. The highest BCUT2D eigenvalue weighted by Crippen LogP contribution is 2.19. The van der Waals surface area contributed by atoms with Gasteiger partial charge in [0, 0.05) is 16.7 Å². The Bertz CT molecular complexity index is 256. The third kappa shape index (κ3) is 4.16. The molecule has 0 aliphatic heterocycles. The molecule has 0 amide bonds. The molecule has 0 saturated carbocycles. The third-order valence-electron chi connectivity index (χ3n) is 2.14. The number of hydrogen-bond acceptors (Lipinski definition) is 2. The van der Waals surface area contributed by atoms with Gasteiger partial charge < -0.3 is 5.73 Å². The van der Waals surface area contributed by atoms with E-state index in [-0.39, 0.29) is 0 Å². The molecule has 0 spiro atoms. The van der Waals surface area contributed by atoms with Gasteiger partial charge in [0.25, 0.3) is 0 Å². The average Bonchev–Trinajstić information content (AvgIpc) is 2.17. The number of thioether (sulfide) groups is 1. The molecule has 0 heterocycles. The Labute approximate surface area is 91.1 Å². The standard InChI is InChI=1S/C12H19NS/c1-3-4-11(13)9-14-12-7-5-10(2)6-8-12/h5-8,11H,3-4,9,13H2,1-2H3. The Morgan fingerprint density at radius 2 is 1.93 bits per heavy atom. The number of benzene rings is 1. The fourth-order valence-electron chi connectivity index (χ4n) is 1.29. The van der Waals surface area contributed by atoms with E-state index in [1.807, 2.05) is 11.8 Å². The molecule has 14 heavy (non-hydrogen) atoms. The zero-order chi connectivity index (χ0) is 10.4. The maximum atomic E-state index is 5.94. The normalized spacial score (nSPS) is 12.8. The highest BCUT2D eigenvalue weighted by atomic mass is 32.2. The SMILES string of the molecule is CCCC(N)CSc1ccc(C)cc1. The number of hydrogen-bond donors (Lipinski definition) is 1. The molecule has 0 aliphatic carbocycles. The molecule has 1 nitrogen and oxygen atoms in total. The van der Waals surface area contributed by atoms with Crippen molar-refractivity contribution in [3.63, 3.8) is 0 Å². The zero-order valence-electron chi connectivity index (χ0n) is 8.99. The van der Waals surface area contributed by atoms with Crippen LogP contribution in [-0.2, 0) is 0 Å². The molecule has 0 aromatic heterocycles. The molecule has 2 N–H and O–H groups in total. The van der Waals surface area contributed by atoms with Crippen LogP contribution in [0.4, 0.5) is 0 Å². The molecule has 0 fully saturated rings. The van der Waals surface area contributed by atoms with Crippen LogP contribution >= 0.6 is 11.8 Å². The smallest absolute Gasteiger partial charge is 0.0133 e. The molecule has 1 rings (SSSR count). The predicted molar refractivity (Wildman–Crippen MR) is 64.8 cm³/mol. The predicted octanol–water partition coefficient (Wildman–Crippen LogP) is 3.21. The van der Waals surface area contributed by atoms with E-state index in [1.165, 1.54) is 16.9 Å². The lowest BCUT2D eigenvalue weighted by atomic mass is 10.2. The molecule has 0 saturated heterocycles. The highest BCUT2D eigenvalue weighted by Gasteiger charge is 2.01. The van der Waals surface area contributed by atoms with Gasteiger partial charge in [-0.2, -0.15) is 0 Å². The maximum Gasteiger partial charge on any atom is 0.0133 e. The minimum absolute atomic E-state index is 0.339. The minimum Gasteiger partial charge on any atom is -0.327 e. The topological polar surface area (TPSA) is 26.0 Å². The van der Waals surface area contributed by atoms with Crippen molar-refractivity contribution in [2.75, 3.05) is 5.75 Å². The Hall–Kier alpha value is -0.470. The Morgan fingerprint density at radius 1 is 1.29 bits per heavy atom. The van der Waals surface area contributed by atoms with Crippen molar-refractivity contribution in [3.05, 3.63) is 29.8 Å². The van der Waals surface area contributed by atoms with Crippen molar-refractivity contribution in [1.29, 1.82) is 0 Å². The van der Waals surface area contributed by atoms with Gasteiger partial charge in [-0.3, -0.25) is 0 Å². The van der Waals surface area contributed by atoms with Gasteiger partial charge in [-0.25, -0.2) is 0 Å². The second-order valence-electron chi connectivity index (χ2n) is 3.67. The fraction of sp³-hybridized carbons (Fsp3) is 0.500. The molecule has 1 unspecified atom stereocenters. The lowest BCUT2D eigenvalue weighted by Crippen LogP contribution is -2.22. The summed E-state index contributed by atoms with van der Waals surface area (Å²) in [7, 11) is 0. The highest BCUT2D eigenvalue weighted by molar-refractivity contribution is 7.99. The fourth-order valence-corrected chi connectivity index (χ4v) is 2.19. The van der Waals surface area contributed by atoms with E-state index in [9.17, 15) is 0 Å². The lowest BCUT2D eigenvalue weighted by molar-refractivity contribution is 0.661. The second kappa shape index (κ2) is 6.10. The molecule has 2 heteroatoms. The van der Waals surface area contributed by atoms with Crippen LogP contribution in [0.1, 0.15) is 25.3 Å². The van der Waals surface area contributed by atoms with E-state index >= 15 is 0 Å². The van der Waals surface area contributed by atoms with Crippen LogP contribution in [0.2, 0.25) is 0 Å². The summed E-state index contributed by atoms with van der Waals surface area (Å²) in [4.78, 5) is 1.32. The molecule has 0 radical (unpaired) electrons. The number of aryl methyl sites for hydroxylation is 1. The van der Waals surface area contributed by atoms with Crippen LogP contribution in [0.3, 0.4) is 0 Å². The Kier molecular flexibility index (Phi) is 5.05. The summed E-state index contributed by atoms with van der Waals surface area (Å²) in [6.07, 6.45) is 2.30. The first kappa shape index (κ1) is 11.6. The first-order valence-corrected chi connectivity index (χ1v) is 6.16. The molecular weight excluding hydrogens is 190 g/mol. The van der Waals surface area contributed by atoms with Gasteiger partial charge in [0.1, 0.15) is 0 Å². The van der Waals surface area contributed by atoms with Crippen molar-refractivity contribution < 1.29 is 0 Å². The lowest BCUT2D eigenvalue weighted by Gasteiger charge is -2.09. The molecule has 0 aliphatic rings. The molecule has 0 bridgehead atoms. The molecule has 1 atom stereocenters. The molecule has 1 aromatic rings. The van der Waals surface area contributed by atoms with Crippen LogP contribution in [-0.4, -0.2) is 11.8 Å². The van der Waals surface area contributed by atoms with Gasteiger partial charge in [0.15, 0.2) is 0 Å². The first-order chi connectivity index (χ1) is 6.72. The third-order valence-corrected chi connectivity index (χ3v) is 3.34. The van der Waals surface area contributed by atoms with E-state index < -0.39 is 0 Å². The Balaban J connectivity index is 2.34. The quantitative estimate of drug-likeness (QED) is 0.754. The van der Waals surface area contributed by atoms with E-state index in [4.69, 9.17) is 5.73 Å². The summed E-state index contributed by atoms with van der Waals surface area (Å²) >= 11 is 1.85. The molecule has 78 valence electrons. The summed E-state index contributed by atoms with van der Waals surface area (Å²) in [6, 6.07) is 8.96. The van der Waals surface area contributed by atoms with Gasteiger partial charge >= 0.3 is 0 Å². The van der Waals surface area contributed by atoms with Crippen LogP contribution in [0.25, 0.3) is 0 Å². The van der Waals surface area contributed by atoms with Gasteiger partial charge in [0.2, 0.25) is 0 Å². The van der Waals surface area contributed by atoms with Crippen molar-refractivity contribution in [2.24, 2.45) is 5.73 Å². The summed E-state index contributed by atoms with van der Waals surface area (Å²) in [5.41, 5.74) is 7.25. The summed E-state index contributed by atoms with van der Waals surface area (Å²) < 4.78 is 0. The summed E-state index contributed by atoms with van der Waals surface area (Å²) in [5, 5.41) is 0. The summed E-state index contributed by atoms with van der Waals surface area (Å²) in [5.74, 6) is 1.02. The van der Waals surface area contributed by atoms with Gasteiger partial charge in [0.05, 0.1) is 0 Å². The molecular formula is C12H19NS. The zero-order valence-corrected chi connectivity index (χ0v) is 9.81. The van der Waals surface area contributed by atoms with Crippen molar-refractivity contribution in [1.82, 2.24) is 0 Å². The molecule has 1 aromatic carbocycles. The first-order valence-electron chi connectivity index (χ1n) is 5.17. The van der Waals surface area contributed by atoms with Gasteiger partial charge in [-0.1, -0.05) is 31.0 Å². The van der Waals surface area contributed by atoms with Gasteiger partial charge in [-0.05, 0) is 25.5 Å². The van der Waals surface area contributed by atoms with Gasteiger partial charge in [-0.15, -0.1) is 11.8 Å². The Morgan fingerprint density at radius 3 is 2.50 bits per heavy atom. The average molecular weight is 209 g/mol. The van der Waals surface area contributed by atoms with Crippen molar-refractivity contribution in [3.8, 4) is 0 Å². The van der Waals surface area contributed by atoms with E-state index in [0.29, 0.717) is 6.04 Å². The van der Waals surface area contributed by atoms with Crippen LogP contribution < -0.4 is 5.73 Å². The van der Waals surface area contributed by atoms with E-state index in [1.54, 1.807) is 0 Å². The second-order valence-corrected chi connectivity index (χ2v) is 4.77. The monoisotopic (exact) mass is 209 g/mol.